The Kier molecular flexibility index (Phi) is 4.12. The first-order valence-corrected chi connectivity index (χ1v) is 6.67. The van der Waals surface area contributed by atoms with Gasteiger partial charge >= 0.3 is 0 Å². The number of ether oxygens (including phenoxy) is 2. The van der Waals surface area contributed by atoms with E-state index in [0.29, 0.717) is 12.1 Å². The van der Waals surface area contributed by atoms with Gasteiger partial charge in [0.1, 0.15) is 0 Å². The molecule has 0 amide bonds. The van der Waals surface area contributed by atoms with Crippen LogP contribution in [0.15, 0.2) is 12.1 Å². The second-order valence-electron chi connectivity index (χ2n) is 5.06. The molecule has 0 spiro atoms. The van der Waals surface area contributed by atoms with E-state index >= 15 is 0 Å². The third kappa shape index (κ3) is 2.61. The summed E-state index contributed by atoms with van der Waals surface area (Å²) < 4.78 is 10.7. The first-order chi connectivity index (χ1) is 8.67. The first-order valence-electron chi connectivity index (χ1n) is 6.67. The van der Waals surface area contributed by atoms with Crippen molar-refractivity contribution in [2.24, 2.45) is 0 Å². The second-order valence-corrected chi connectivity index (χ2v) is 5.06. The maximum absolute atomic E-state index is 5.35. The Labute approximate surface area is 109 Å². The van der Waals surface area contributed by atoms with Crippen molar-refractivity contribution in [2.75, 3.05) is 14.2 Å². The van der Waals surface area contributed by atoms with Crippen LogP contribution in [0.4, 0.5) is 0 Å². The van der Waals surface area contributed by atoms with Gasteiger partial charge in [-0.05, 0) is 49.4 Å². The van der Waals surface area contributed by atoms with Crippen molar-refractivity contribution < 1.29 is 9.47 Å². The van der Waals surface area contributed by atoms with Gasteiger partial charge in [0.25, 0.3) is 0 Å². The highest BCUT2D eigenvalue weighted by Gasteiger charge is 2.24. The van der Waals surface area contributed by atoms with E-state index in [1.807, 2.05) is 0 Å². The summed E-state index contributed by atoms with van der Waals surface area (Å²) >= 11 is 0. The summed E-state index contributed by atoms with van der Waals surface area (Å²) in [5, 5.41) is 3.67. The molecule has 1 aliphatic carbocycles. The molecule has 1 N–H and O–H groups in total. The molecule has 0 aliphatic heterocycles. The molecule has 18 heavy (non-hydrogen) atoms. The Hall–Kier alpha value is -1.22. The molecular formula is C15H23NO2. The Bertz CT molecular complexity index is 384. The van der Waals surface area contributed by atoms with E-state index in [2.05, 4.69) is 31.3 Å². The van der Waals surface area contributed by atoms with Gasteiger partial charge in [0.15, 0.2) is 11.5 Å². The van der Waals surface area contributed by atoms with E-state index in [0.717, 1.165) is 24.3 Å². The Balaban J connectivity index is 2.14. The van der Waals surface area contributed by atoms with Gasteiger partial charge in [-0.3, -0.25) is 0 Å². The van der Waals surface area contributed by atoms with Gasteiger partial charge in [-0.1, -0.05) is 6.92 Å². The van der Waals surface area contributed by atoms with E-state index < -0.39 is 0 Å². The minimum atomic E-state index is 0.548. The number of nitrogens with one attached hydrogen (secondary N) is 1. The third-order valence-electron chi connectivity index (χ3n) is 3.77. The van der Waals surface area contributed by atoms with Crippen LogP contribution in [0.5, 0.6) is 11.5 Å². The molecule has 0 radical (unpaired) electrons. The van der Waals surface area contributed by atoms with Crippen LogP contribution in [0.2, 0.25) is 0 Å². The highest BCUT2D eigenvalue weighted by molar-refractivity contribution is 5.49. The smallest absolute Gasteiger partial charge is 0.161 e. The van der Waals surface area contributed by atoms with Gasteiger partial charge in [-0.2, -0.15) is 0 Å². The monoisotopic (exact) mass is 249 g/mol. The molecule has 2 rings (SSSR count). The van der Waals surface area contributed by atoms with Crippen molar-refractivity contribution >= 4 is 0 Å². The molecule has 0 saturated heterocycles. The molecule has 0 fully saturated rings. The summed E-state index contributed by atoms with van der Waals surface area (Å²) in [5.41, 5.74) is 2.77. The van der Waals surface area contributed by atoms with Crippen molar-refractivity contribution in [3.63, 3.8) is 0 Å². The Morgan fingerprint density at radius 2 is 1.67 bits per heavy atom. The summed E-state index contributed by atoms with van der Waals surface area (Å²) in [6.07, 6.45) is 3.33. The molecule has 0 saturated carbocycles. The van der Waals surface area contributed by atoms with Gasteiger partial charge in [-0.25, -0.2) is 0 Å². The quantitative estimate of drug-likeness (QED) is 0.870. The zero-order valence-corrected chi connectivity index (χ0v) is 11.7. The summed E-state index contributed by atoms with van der Waals surface area (Å²) in [6.45, 7) is 4.45. The lowest BCUT2D eigenvalue weighted by molar-refractivity contribution is 0.354. The van der Waals surface area contributed by atoms with Crippen LogP contribution in [0.1, 0.15) is 31.4 Å². The fourth-order valence-corrected chi connectivity index (χ4v) is 2.58. The van der Waals surface area contributed by atoms with Crippen molar-refractivity contribution in [1.29, 1.82) is 0 Å². The summed E-state index contributed by atoms with van der Waals surface area (Å²) in [6, 6.07) is 5.36. The van der Waals surface area contributed by atoms with E-state index in [4.69, 9.17) is 9.47 Å². The predicted molar refractivity (Wildman–Crippen MR) is 73.6 cm³/mol. The largest absolute Gasteiger partial charge is 0.493 e. The van der Waals surface area contributed by atoms with Crippen LogP contribution in [-0.4, -0.2) is 26.3 Å². The van der Waals surface area contributed by atoms with E-state index in [1.165, 1.54) is 17.5 Å². The minimum absolute atomic E-state index is 0.548. The highest BCUT2D eigenvalue weighted by Crippen LogP contribution is 2.34. The van der Waals surface area contributed by atoms with E-state index in [-0.39, 0.29) is 0 Å². The fraction of sp³-hybridized carbons (Fsp3) is 0.600. The molecule has 3 heteroatoms. The van der Waals surface area contributed by atoms with Crippen LogP contribution in [0.3, 0.4) is 0 Å². The molecule has 0 unspecified atom stereocenters. The lowest BCUT2D eigenvalue weighted by Crippen LogP contribution is -2.36. The molecule has 1 aromatic carbocycles. The minimum Gasteiger partial charge on any atom is -0.493 e. The lowest BCUT2D eigenvalue weighted by Gasteiger charge is -2.17. The van der Waals surface area contributed by atoms with Crippen LogP contribution >= 0.6 is 0 Å². The third-order valence-corrected chi connectivity index (χ3v) is 3.77. The van der Waals surface area contributed by atoms with Crippen LogP contribution < -0.4 is 14.8 Å². The maximum Gasteiger partial charge on any atom is 0.161 e. The van der Waals surface area contributed by atoms with Gasteiger partial charge in [0.05, 0.1) is 14.2 Å². The number of hydrogen-bond acceptors (Lipinski definition) is 3. The molecule has 1 aliphatic rings. The first kappa shape index (κ1) is 13.2. The average molecular weight is 249 g/mol. The highest BCUT2D eigenvalue weighted by atomic mass is 16.5. The fourth-order valence-electron chi connectivity index (χ4n) is 2.58. The molecular weight excluding hydrogens is 226 g/mol. The van der Waals surface area contributed by atoms with Gasteiger partial charge in [0.2, 0.25) is 0 Å². The number of hydrogen-bond donors (Lipinski definition) is 1. The molecule has 100 valence electrons. The van der Waals surface area contributed by atoms with E-state index in [9.17, 15) is 0 Å². The van der Waals surface area contributed by atoms with E-state index in [1.54, 1.807) is 14.2 Å². The Morgan fingerprint density at radius 1 is 1.17 bits per heavy atom. The summed E-state index contributed by atoms with van der Waals surface area (Å²) in [5.74, 6) is 1.67. The van der Waals surface area contributed by atoms with Gasteiger partial charge < -0.3 is 14.8 Å². The molecule has 0 heterocycles. The zero-order valence-electron chi connectivity index (χ0n) is 11.7. The number of benzene rings is 1. The molecule has 0 bridgehead atoms. The second kappa shape index (κ2) is 5.61. The predicted octanol–water partition coefficient (Wildman–Crippen LogP) is 2.56. The summed E-state index contributed by atoms with van der Waals surface area (Å²) in [7, 11) is 3.38. The molecule has 0 aromatic heterocycles. The van der Waals surface area contributed by atoms with Gasteiger partial charge in [0, 0.05) is 12.1 Å². The topological polar surface area (TPSA) is 30.5 Å². The zero-order chi connectivity index (χ0) is 13.1. The summed E-state index contributed by atoms with van der Waals surface area (Å²) in [4.78, 5) is 0. The molecule has 1 atom stereocenters. The SMILES string of the molecule is CC[C@@H](C)NC1Cc2cc(OC)c(OC)cc2C1. The number of methoxy groups -OCH3 is 2. The average Bonchev–Trinajstić information content (AvgIpc) is 2.77. The number of fused-ring (bicyclic) bond motifs is 1. The van der Waals surface area contributed by atoms with Gasteiger partial charge in [-0.15, -0.1) is 0 Å². The van der Waals surface area contributed by atoms with Crippen molar-refractivity contribution in [3.8, 4) is 11.5 Å². The molecule has 3 nitrogen and oxygen atoms in total. The normalized spacial score (nSPS) is 16.4. The standard InChI is InChI=1S/C15H23NO2/c1-5-10(2)16-13-6-11-8-14(17-3)15(18-4)9-12(11)7-13/h8-10,13,16H,5-7H2,1-4H3/t10-/m1/s1. The van der Waals surface area contributed by atoms with Crippen LogP contribution in [0, 0.1) is 0 Å². The van der Waals surface area contributed by atoms with Crippen molar-refractivity contribution in [3.05, 3.63) is 23.3 Å². The Morgan fingerprint density at radius 3 is 2.06 bits per heavy atom. The van der Waals surface area contributed by atoms with Crippen molar-refractivity contribution in [1.82, 2.24) is 5.32 Å². The number of rotatable bonds is 5. The molecule has 1 aromatic rings. The lowest BCUT2D eigenvalue weighted by atomic mass is 10.1. The maximum atomic E-state index is 5.35. The van der Waals surface area contributed by atoms with Crippen LogP contribution in [0.25, 0.3) is 0 Å². The van der Waals surface area contributed by atoms with Crippen molar-refractivity contribution in [2.45, 2.75) is 45.2 Å². The van der Waals surface area contributed by atoms with Crippen LogP contribution in [-0.2, 0) is 12.8 Å².